The molecule has 6 nitrogen and oxygen atoms in total. The Morgan fingerprint density at radius 2 is 1.81 bits per heavy atom. The Hall–Kier alpha value is -3.01. The molecule has 0 bridgehead atoms. The summed E-state index contributed by atoms with van der Waals surface area (Å²) in [6.07, 6.45) is 1.97. The van der Waals surface area contributed by atoms with Gasteiger partial charge in [0.2, 0.25) is 0 Å². The maximum Gasteiger partial charge on any atom is 0.266 e. The summed E-state index contributed by atoms with van der Waals surface area (Å²) >= 11 is 0. The molecule has 2 heterocycles. The molecule has 1 aliphatic carbocycles. The van der Waals surface area contributed by atoms with Crippen LogP contribution in [0, 0.1) is 5.82 Å². The van der Waals surface area contributed by atoms with E-state index in [1.54, 1.807) is 32.4 Å². The van der Waals surface area contributed by atoms with Gasteiger partial charge in [-0.25, -0.2) is 21.7 Å². The van der Waals surface area contributed by atoms with E-state index in [2.05, 4.69) is 14.7 Å². The predicted molar refractivity (Wildman–Crippen MR) is 139 cm³/mol. The highest BCUT2D eigenvalue weighted by atomic mass is 32.2. The Morgan fingerprint density at radius 3 is 2.49 bits per heavy atom. The first-order chi connectivity index (χ1) is 17.8. The molecule has 2 fully saturated rings. The Bertz CT molecular complexity index is 1410. The molecule has 0 spiro atoms. The van der Waals surface area contributed by atoms with Crippen LogP contribution in [-0.2, 0) is 9.73 Å². The van der Waals surface area contributed by atoms with Gasteiger partial charge in [0.15, 0.2) is 11.5 Å². The van der Waals surface area contributed by atoms with Gasteiger partial charge in [0.05, 0.1) is 30.3 Å². The standard InChI is InChI=1S/C27H30F3N3O3S/c1-16(19-4-3-5-20(26(19)28)27(29)30)32-22-8-11-31-23-15-24(35-2)25(14-21(22)23)36-18-9-12-37(34,13-10-18)33-17-6-7-17/h3-5,8,11,14-18,27H,6-7,9-10,12-13H2,1-2H3,(H,31,32)/t16-,18?,37?/m1/s1. The minimum Gasteiger partial charge on any atom is -0.493 e. The van der Waals surface area contributed by atoms with Crippen LogP contribution in [0.15, 0.2) is 47.0 Å². The second-order valence-corrected chi connectivity index (χ2v) is 12.2. The molecule has 1 saturated carbocycles. The summed E-state index contributed by atoms with van der Waals surface area (Å²) in [4.78, 5) is 4.43. The summed E-state index contributed by atoms with van der Waals surface area (Å²) in [5, 5.41) is 3.96. The topological polar surface area (TPSA) is 72.8 Å². The fraction of sp³-hybridized carbons (Fsp3) is 0.444. The lowest BCUT2D eigenvalue weighted by atomic mass is 10.0. The van der Waals surface area contributed by atoms with Gasteiger partial charge in [0.1, 0.15) is 11.9 Å². The molecule has 0 unspecified atom stereocenters. The molecule has 1 atom stereocenters. The maximum atomic E-state index is 14.7. The molecule has 0 amide bonds. The number of hydrogen-bond acceptors (Lipinski definition) is 6. The largest absolute Gasteiger partial charge is 0.493 e. The number of nitrogens with zero attached hydrogens (tertiary/aromatic N) is 2. The van der Waals surface area contributed by atoms with Crippen molar-refractivity contribution in [3.63, 3.8) is 0 Å². The quantitative estimate of drug-likeness (QED) is 0.350. The number of alkyl halides is 2. The van der Waals surface area contributed by atoms with Crippen LogP contribution >= 0.6 is 0 Å². The maximum absolute atomic E-state index is 14.7. The Balaban J connectivity index is 1.39. The third-order valence-electron chi connectivity index (χ3n) is 6.86. The number of methoxy groups -OCH3 is 1. The molecule has 10 heteroatoms. The fourth-order valence-corrected chi connectivity index (χ4v) is 7.08. The Labute approximate surface area is 214 Å². The number of benzene rings is 2. The van der Waals surface area contributed by atoms with Crippen molar-refractivity contribution in [3.8, 4) is 11.5 Å². The molecule has 2 aliphatic rings. The van der Waals surface area contributed by atoms with Gasteiger partial charge in [0, 0.05) is 50.1 Å². The highest BCUT2D eigenvalue weighted by molar-refractivity contribution is 7.93. The Kier molecular flexibility index (Phi) is 7.20. The van der Waals surface area contributed by atoms with Crippen molar-refractivity contribution >= 4 is 26.3 Å². The van der Waals surface area contributed by atoms with Crippen molar-refractivity contribution in [3.05, 3.63) is 59.5 Å². The number of aromatic nitrogens is 1. The molecule has 5 rings (SSSR count). The molecule has 2 aromatic carbocycles. The number of pyridine rings is 1. The number of ether oxygens (including phenoxy) is 2. The molecule has 198 valence electrons. The van der Waals surface area contributed by atoms with Crippen LogP contribution < -0.4 is 14.8 Å². The van der Waals surface area contributed by atoms with Crippen LogP contribution in [0.3, 0.4) is 0 Å². The minimum absolute atomic E-state index is 0.117. The van der Waals surface area contributed by atoms with E-state index in [0.717, 1.165) is 24.3 Å². The zero-order valence-corrected chi connectivity index (χ0v) is 21.6. The summed E-state index contributed by atoms with van der Waals surface area (Å²) in [5.41, 5.74) is 0.822. The van der Waals surface area contributed by atoms with Crippen LogP contribution in [-0.4, -0.2) is 40.0 Å². The number of hydrogen-bond donors (Lipinski definition) is 1. The first-order valence-electron chi connectivity index (χ1n) is 12.4. The van der Waals surface area contributed by atoms with E-state index in [4.69, 9.17) is 9.47 Å². The van der Waals surface area contributed by atoms with Crippen LogP contribution in [0.4, 0.5) is 18.9 Å². The van der Waals surface area contributed by atoms with Gasteiger partial charge in [-0.05, 0) is 44.7 Å². The van der Waals surface area contributed by atoms with Gasteiger partial charge in [-0.1, -0.05) is 18.2 Å². The van der Waals surface area contributed by atoms with Crippen molar-refractivity contribution < 1.29 is 26.9 Å². The number of rotatable bonds is 8. The third kappa shape index (κ3) is 5.63. The van der Waals surface area contributed by atoms with E-state index in [0.29, 0.717) is 47.1 Å². The van der Waals surface area contributed by atoms with Gasteiger partial charge < -0.3 is 14.8 Å². The third-order valence-corrected chi connectivity index (χ3v) is 9.29. The second-order valence-electron chi connectivity index (χ2n) is 9.63. The normalized spacial score (nSPS) is 22.6. The predicted octanol–water partition coefficient (Wildman–Crippen LogP) is 6.66. The second kappa shape index (κ2) is 10.4. The van der Waals surface area contributed by atoms with E-state index < -0.39 is 33.6 Å². The van der Waals surface area contributed by atoms with Crippen molar-refractivity contribution in [2.45, 2.75) is 57.2 Å². The fourth-order valence-electron chi connectivity index (χ4n) is 4.65. The monoisotopic (exact) mass is 533 g/mol. The van der Waals surface area contributed by atoms with Gasteiger partial charge in [-0.3, -0.25) is 4.98 Å². The number of nitrogens with one attached hydrogen (secondary N) is 1. The van der Waals surface area contributed by atoms with E-state index in [1.165, 1.54) is 12.1 Å². The summed E-state index contributed by atoms with van der Waals surface area (Å²) in [6.45, 7) is 1.72. The van der Waals surface area contributed by atoms with E-state index in [9.17, 15) is 17.4 Å². The van der Waals surface area contributed by atoms with E-state index in [-0.39, 0.29) is 17.7 Å². The molecule has 1 saturated heterocycles. The van der Waals surface area contributed by atoms with Crippen LogP contribution in [0.25, 0.3) is 10.9 Å². The van der Waals surface area contributed by atoms with Gasteiger partial charge in [0.25, 0.3) is 6.43 Å². The first kappa shape index (κ1) is 25.6. The van der Waals surface area contributed by atoms with Crippen molar-refractivity contribution in [2.75, 3.05) is 23.9 Å². The lowest BCUT2D eigenvalue weighted by Crippen LogP contribution is -2.31. The van der Waals surface area contributed by atoms with Crippen molar-refractivity contribution in [2.24, 2.45) is 4.36 Å². The van der Waals surface area contributed by atoms with Crippen molar-refractivity contribution in [1.29, 1.82) is 0 Å². The zero-order valence-electron chi connectivity index (χ0n) is 20.8. The molecule has 3 aromatic rings. The SMILES string of the molecule is COc1cc2nccc(N[C@H](C)c3cccc(C(F)F)c3F)c2cc1OC1CCS(=O)(=NC2CC2)CC1. The van der Waals surface area contributed by atoms with Crippen molar-refractivity contribution in [1.82, 2.24) is 4.98 Å². The molecular weight excluding hydrogens is 503 g/mol. The lowest BCUT2D eigenvalue weighted by Gasteiger charge is -2.26. The summed E-state index contributed by atoms with van der Waals surface area (Å²) in [5.74, 6) is 1.19. The molecule has 0 radical (unpaired) electrons. The zero-order chi connectivity index (χ0) is 26.2. The molecule has 1 aromatic heterocycles. The number of fused-ring (bicyclic) bond motifs is 1. The summed E-state index contributed by atoms with van der Waals surface area (Å²) < 4.78 is 70.5. The highest BCUT2D eigenvalue weighted by Gasteiger charge is 2.29. The smallest absolute Gasteiger partial charge is 0.266 e. The van der Waals surface area contributed by atoms with Crippen LogP contribution in [0.1, 0.15) is 56.2 Å². The molecule has 1 aliphatic heterocycles. The Morgan fingerprint density at radius 1 is 1.08 bits per heavy atom. The van der Waals surface area contributed by atoms with Gasteiger partial charge in [-0.15, -0.1) is 0 Å². The van der Waals surface area contributed by atoms with Gasteiger partial charge >= 0.3 is 0 Å². The molecule has 37 heavy (non-hydrogen) atoms. The van der Waals surface area contributed by atoms with Crippen LogP contribution in [0.5, 0.6) is 11.5 Å². The first-order valence-corrected chi connectivity index (χ1v) is 14.3. The molecular formula is C27H30F3N3O3S. The number of anilines is 1. The minimum atomic E-state index is -2.89. The summed E-state index contributed by atoms with van der Waals surface area (Å²) in [6, 6.07) is 9.05. The van der Waals surface area contributed by atoms with Gasteiger partial charge in [-0.2, -0.15) is 0 Å². The molecule has 1 N–H and O–H groups in total. The van der Waals surface area contributed by atoms with Crippen LogP contribution in [0.2, 0.25) is 0 Å². The lowest BCUT2D eigenvalue weighted by molar-refractivity contribution is 0.146. The number of halogens is 3. The van der Waals surface area contributed by atoms with E-state index in [1.807, 2.05) is 6.07 Å². The average molecular weight is 534 g/mol. The highest BCUT2D eigenvalue weighted by Crippen LogP contribution is 2.38. The average Bonchev–Trinajstić information content (AvgIpc) is 3.69. The van der Waals surface area contributed by atoms with E-state index >= 15 is 0 Å². The summed E-state index contributed by atoms with van der Waals surface area (Å²) in [7, 11) is -0.590.